The Morgan fingerprint density at radius 3 is 2.72 bits per heavy atom. The van der Waals surface area contributed by atoms with E-state index >= 15 is 0 Å². The summed E-state index contributed by atoms with van der Waals surface area (Å²) < 4.78 is 1.09. The minimum atomic E-state index is 0.428. The molecule has 0 amide bonds. The van der Waals surface area contributed by atoms with E-state index in [1.54, 1.807) is 0 Å². The van der Waals surface area contributed by atoms with Crippen molar-refractivity contribution < 1.29 is 0 Å². The van der Waals surface area contributed by atoms with Crippen LogP contribution in [0.25, 0.3) is 0 Å². The predicted molar refractivity (Wildman–Crippen MR) is 81.0 cm³/mol. The Labute approximate surface area is 117 Å². The summed E-state index contributed by atoms with van der Waals surface area (Å²) in [6.07, 6.45) is 4.94. The summed E-state index contributed by atoms with van der Waals surface area (Å²) in [5, 5.41) is 0. The fourth-order valence-electron chi connectivity index (χ4n) is 2.34. The quantitative estimate of drug-likeness (QED) is 0.845. The molecule has 1 atom stereocenters. The third-order valence-electron chi connectivity index (χ3n) is 3.32. The largest absolute Gasteiger partial charge is 0.370 e. The minimum absolute atomic E-state index is 0.428. The fourth-order valence-corrected chi connectivity index (χ4v) is 2.60. The van der Waals surface area contributed by atoms with Crippen molar-refractivity contribution in [1.29, 1.82) is 0 Å². The van der Waals surface area contributed by atoms with Crippen molar-refractivity contribution in [3.63, 3.8) is 0 Å². The zero-order chi connectivity index (χ0) is 13.0. The number of nitrogens with zero attached hydrogens (tertiary/aromatic N) is 2. The highest BCUT2D eigenvalue weighted by Crippen LogP contribution is 2.25. The molecule has 1 aliphatic rings. The number of hydrogen-bond donors (Lipinski definition) is 1. The maximum atomic E-state index is 6.01. The van der Waals surface area contributed by atoms with E-state index in [-0.39, 0.29) is 0 Å². The van der Waals surface area contributed by atoms with Gasteiger partial charge in [0.1, 0.15) is 0 Å². The Balaban J connectivity index is 2.07. The van der Waals surface area contributed by atoms with Crippen LogP contribution in [0, 0.1) is 0 Å². The first-order valence-corrected chi connectivity index (χ1v) is 7.36. The Kier molecular flexibility index (Phi) is 4.64. The van der Waals surface area contributed by atoms with Crippen molar-refractivity contribution in [1.82, 2.24) is 0 Å². The third-order valence-corrected chi connectivity index (χ3v) is 3.85. The summed E-state index contributed by atoms with van der Waals surface area (Å²) in [5.74, 6) is 0.652. The number of guanidine groups is 1. The molecule has 1 unspecified atom stereocenters. The number of unbranched alkanes of at least 4 members (excludes halogenated alkanes) is 2. The van der Waals surface area contributed by atoms with Gasteiger partial charge in [-0.05, 0) is 30.7 Å². The second kappa shape index (κ2) is 6.23. The van der Waals surface area contributed by atoms with Crippen LogP contribution in [0.4, 0.5) is 5.69 Å². The summed E-state index contributed by atoms with van der Waals surface area (Å²) >= 11 is 3.46. The summed E-state index contributed by atoms with van der Waals surface area (Å²) in [5.41, 5.74) is 7.15. The van der Waals surface area contributed by atoms with E-state index in [4.69, 9.17) is 5.73 Å². The van der Waals surface area contributed by atoms with Crippen LogP contribution in [0.5, 0.6) is 0 Å². The first-order valence-electron chi connectivity index (χ1n) is 6.57. The van der Waals surface area contributed by atoms with E-state index in [1.807, 2.05) is 12.1 Å². The van der Waals surface area contributed by atoms with Gasteiger partial charge in [-0.15, -0.1) is 0 Å². The van der Waals surface area contributed by atoms with Crippen LogP contribution in [0.1, 0.15) is 32.6 Å². The van der Waals surface area contributed by atoms with Crippen molar-refractivity contribution in [3.05, 3.63) is 28.7 Å². The molecule has 98 valence electrons. The molecule has 1 aromatic carbocycles. The minimum Gasteiger partial charge on any atom is -0.370 e. The molecule has 2 rings (SSSR count). The summed E-state index contributed by atoms with van der Waals surface area (Å²) in [6.45, 7) is 3.05. The molecular formula is C14H20BrN3. The molecule has 0 saturated carbocycles. The van der Waals surface area contributed by atoms with Crippen LogP contribution in [0.3, 0.4) is 0 Å². The molecule has 18 heavy (non-hydrogen) atoms. The van der Waals surface area contributed by atoms with Gasteiger partial charge >= 0.3 is 0 Å². The Morgan fingerprint density at radius 2 is 2.06 bits per heavy atom. The van der Waals surface area contributed by atoms with Gasteiger partial charge in [-0.2, -0.15) is 0 Å². The summed E-state index contributed by atoms with van der Waals surface area (Å²) in [7, 11) is 0. The highest BCUT2D eigenvalue weighted by Gasteiger charge is 2.26. The van der Waals surface area contributed by atoms with E-state index in [1.165, 1.54) is 19.3 Å². The van der Waals surface area contributed by atoms with Gasteiger partial charge < -0.3 is 10.6 Å². The first kappa shape index (κ1) is 13.4. The van der Waals surface area contributed by atoms with E-state index in [0.29, 0.717) is 12.0 Å². The summed E-state index contributed by atoms with van der Waals surface area (Å²) in [4.78, 5) is 6.55. The molecule has 1 heterocycles. The van der Waals surface area contributed by atoms with Crippen molar-refractivity contribution in [3.8, 4) is 0 Å². The van der Waals surface area contributed by atoms with Gasteiger partial charge in [-0.3, -0.25) is 4.99 Å². The lowest BCUT2D eigenvalue weighted by atomic mass is 10.1. The third kappa shape index (κ3) is 3.05. The average Bonchev–Trinajstić information content (AvgIpc) is 2.72. The van der Waals surface area contributed by atoms with Crippen LogP contribution in [-0.4, -0.2) is 18.5 Å². The molecule has 0 radical (unpaired) electrons. The van der Waals surface area contributed by atoms with Crippen LogP contribution >= 0.6 is 15.9 Å². The molecular weight excluding hydrogens is 290 g/mol. The number of rotatable bonds is 5. The maximum Gasteiger partial charge on any atom is 0.196 e. The monoisotopic (exact) mass is 309 g/mol. The molecule has 0 aliphatic carbocycles. The molecule has 2 N–H and O–H groups in total. The SMILES string of the molecule is CCCCCC1CN=C(N)N1c1ccc(Br)cc1. The van der Waals surface area contributed by atoms with Gasteiger partial charge in [0.2, 0.25) is 0 Å². The zero-order valence-electron chi connectivity index (χ0n) is 10.8. The summed E-state index contributed by atoms with van der Waals surface area (Å²) in [6, 6.07) is 8.70. The normalized spacial score (nSPS) is 19.1. The van der Waals surface area contributed by atoms with E-state index < -0.39 is 0 Å². The van der Waals surface area contributed by atoms with Crippen molar-refractivity contribution in [2.45, 2.75) is 38.6 Å². The molecule has 4 heteroatoms. The van der Waals surface area contributed by atoms with Gasteiger partial charge in [0.05, 0.1) is 12.6 Å². The topological polar surface area (TPSA) is 41.6 Å². The lowest BCUT2D eigenvalue weighted by Crippen LogP contribution is -2.40. The van der Waals surface area contributed by atoms with E-state index in [2.05, 4.69) is 44.9 Å². The zero-order valence-corrected chi connectivity index (χ0v) is 12.4. The van der Waals surface area contributed by atoms with Gasteiger partial charge in [0.15, 0.2) is 5.96 Å². The number of hydrogen-bond acceptors (Lipinski definition) is 3. The Bertz CT molecular complexity index is 414. The molecule has 3 nitrogen and oxygen atoms in total. The molecule has 1 aliphatic heterocycles. The van der Waals surface area contributed by atoms with Crippen LogP contribution in [-0.2, 0) is 0 Å². The number of anilines is 1. The lowest BCUT2D eigenvalue weighted by molar-refractivity contribution is 0.580. The first-order chi connectivity index (χ1) is 8.72. The average molecular weight is 310 g/mol. The predicted octanol–water partition coefficient (Wildman–Crippen LogP) is 3.53. The smallest absolute Gasteiger partial charge is 0.196 e. The maximum absolute atomic E-state index is 6.01. The fraction of sp³-hybridized carbons (Fsp3) is 0.500. The number of nitrogens with two attached hydrogens (primary N) is 1. The van der Waals surface area contributed by atoms with E-state index in [0.717, 1.165) is 23.1 Å². The van der Waals surface area contributed by atoms with Crippen molar-refractivity contribution in [2.75, 3.05) is 11.4 Å². The number of aliphatic imine (C=N–C) groups is 1. The molecule has 0 bridgehead atoms. The molecule has 0 aromatic heterocycles. The molecule has 0 spiro atoms. The standard InChI is InChI=1S/C14H20BrN3/c1-2-3-4-5-13-10-17-14(16)18(13)12-8-6-11(15)7-9-12/h6-9,13H,2-5,10H2,1H3,(H2,16,17). The Morgan fingerprint density at radius 1 is 1.33 bits per heavy atom. The van der Waals surface area contributed by atoms with E-state index in [9.17, 15) is 0 Å². The Hall–Kier alpha value is -1.03. The molecule has 0 fully saturated rings. The van der Waals surface area contributed by atoms with Gasteiger partial charge in [-0.25, -0.2) is 0 Å². The highest BCUT2D eigenvalue weighted by atomic mass is 79.9. The lowest BCUT2D eigenvalue weighted by Gasteiger charge is -2.26. The van der Waals surface area contributed by atoms with Crippen LogP contribution in [0.15, 0.2) is 33.7 Å². The van der Waals surface area contributed by atoms with Gasteiger partial charge in [-0.1, -0.05) is 42.1 Å². The van der Waals surface area contributed by atoms with Gasteiger partial charge in [0.25, 0.3) is 0 Å². The number of halogens is 1. The van der Waals surface area contributed by atoms with Crippen LogP contribution < -0.4 is 10.6 Å². The van der Waals surface area contributed by atoms with Crippen molar-refractivity contribution in [2.24, 2.45) is 10.7 Å². The second-order valence-electron chi connectivity index (χ2n) is 4.69. The number of benzene rings is 1. The van der Waals surface area contributed by atoms with Crippen LogP contribution in [0.2, 0.25) is 0 Å². The highest BCUT2D eigenvalue weighted by molar-refractivity contribution is 9.10. The molecule has 0 saturated heterocycles. The van der Waals surface area contributed by atoms with Crippen molar-refractivity contribution >= 4 is 27.6 Å². The second-order valence-corrected chi connectivity index (χ2v) is 5.61. The molecule has 1 aromatic rings. The van der Waals surface area contributed by atoms with Gasteiger partial charge in [0, 0.05) is 10.2 Å².